The van der Waals surface area contributed by atoms with Gasteiger partial charge in [-0.2, -0.15) is 0 Å². The number of thiophene rings is 1. The van der Waals surface area contributed by atoms with E-state index < -0.39 is 8.07 Å². The van der Waals surface area contributed by atoms with Gasteiger partial charge in [-0.05, 0) is 48.1 Å². The molecule has 0 fully saturated rings. The van der Waals surface area contributed by atoms with Crippen LogP contribution in [-0.2, 0) is 30.3 Å². The van der Waals surface area contributed by atoms with Crippen molar-refractivity contribution < 1.29 is 30.0 Å². The Morgan fingerprint density at radius 1 is 0.935 bits per heavy atom. The zero-order valence-electron chi connectivity index (χ0n) is 30.4. The van der Waals surface area contributed by atoms with E-state index in [-0.39, 0.29) is 47.9 Å². The third-order valence-corrected chi connectivity index (χ3v) is 14.8. The quantitative estimate of drug-likeness (QED) is 0.0790. The maximum Gasteiger partial charge on any atom is 0.164 e. The van der Waals surface area contributed by atoms with E-state index in [9.17, 15) is 9.90 Å². The Labute approximate surface area is 296 Å². The largest absolute Gasteiger partial charge is 0.512 e. The Morgan fingerprint density at radius 3 is 2.02 bits per heavy atom. The number of carbonyl (C=O) groups is 1. The second kappa shape index (κ2) is 15.4. The number of hydrogen-bond donors (Lipinski definition) is 1. The van der Waals surface area contributed by atoms with Crippen LogP contribution < -0.4 is 4.50 Å². The van der Waals surface area contributed by atoms with Crippen molar-refractivity contribution in [2.75, 3.05) is 0 Å². The molecule has 4 aromatic rings. The molecule has 7 heteroatoms. The number of aliphatic hydroxyl groups excluding tert-OH is 1. The second-order valence-electron chi connectivity index (χ2n) is 15.0. The molecular weight excluding hydrogens is 781 g/mol. The minimum atomic E-state index is -1.43. The van der Waals surface area contributed by atoms with Crippen LogP contribution in [0.15, 0.2) is 48.5 Å². The number of allylic oxidation sites excluding steroid dienone is 2. The van der Waals surface area contributed by atoms with E-state index >= 15 is 0 Å². The molecule has 4 nitrogen and oxygen atoms in total. The van der Waals surface area contributed by atoms with Crippen LogP contribution in [0.25, 0.3) is 32.2 Å². The number of carbonyl (C=O) groups excluding carboxylic acids is 1. The normalized spacial score (nSPS) is 12.9. The van der Waals surface area contributed by atoms with Gasteiger partial charge in [0.15, 0.2) is 5.78 Å². The summed E-state index contributed by atoms with van der Waals surface area (Å²) in [5.74, 6) is 0.286. The van der Waals surface area contributed by atoms with Gasteiger partial charge in [0.1, 0.15) is 12.1 Å². The SMILES string of the molecule is CCC(C)(CC)C(=O)/C=C(\O)C(C)(CC)CC.Cc1c([Si](C)(C)C)sc2c(-c3[c-]c4ccccc4c(C(C)(C)C)c3)ncnc12.[Ir]. The van der Waals surface area contributed by atoms with Gasteiger partial charge in [0.2, 0.25) is 0 Å². The van der Waals surface area contributed by atoms with Gasteiger partial charge in [0.05, 0.1) is 13.6 Å². The number of aromatic nitrogens is 2. The Balaban J connectivity index is 0.000000356. The number of nitrogens with zero attached hydrogens (tertiary/aromatic N) is 2. The van der Waals surface area contributed by atoms with E-state index in [2.05, 4.69) is 88.7 Å². The maximum absolute atomic E-state index is 12.2. The summed E-state index contributed by atoms with van der Waals surface area (Å²) in [5.41, 5.74) is 5.30. The second-order valence-corrected chi connectivity index (χ2v) is 21.4. The molecule has 0 saturated heterocycles. The van der Waals surface area contributed by atoms with Crippen LogP contribution in [0.4, 0.5) is 0 Å². The third-order valence-electron chi connectivity index (χ3n) is 9.83. The first-order valence-corrected chi connectivity index (χ1v) is 20.8. The van der Waals surface area contributed by atoms with Crippen molar-refractivity contribution in [3.63, 3.8) is 0 Å². The molecule has 0 spiro atoms. The first-order valence-electron chi connectivity index (χ1n) is 16.5. The van der Waals surface area contributed by atoms with Gasteiger partial charge in [-0.15, -0.1) is 40.5 Å². The van der Waals surface area contributed by atoms with Gasteiger partial charge in [-0.1, -0.05) is 111 Å². The molecule has 0 atom stereocenters. The first-order chi connectivity index (χ1) is 20.9. The van der Waals surface area contributed by atoms with Crippen molar-refractivity contribution in [1.29, 1.82) is 0 Å². The maximum atomic E-state index is 12.2. The molecule has 46 heavy (non-hydrogen) atoms. The van der Waals surface area contributed by atoms with E-state index in [4.69, 9.17) is 4.98 Å². The van der Waals surface area contributed by atoms with Crippen LogP contribution in [0.3, 0.4) is 0 Å². The molecular formula is C39H55IrN2O2SSi-. The average molecular weight is 836 g/mol. The zero-order valence-corrected chi connectivity index (χ0v) is 34.6. The van der Waals surface area contributed by atoms with Crippen LogP contribution in [0, 0.1) is 23.8 Å². The Hall–Kier alpha value is -2.18. The van der Waals surface area contributed by atoms with E-state index in [0.29, 0.717) is 0 Å². The van der Waals surface area contributed by atoms with Crippen LogP contribution in [0.5, 0.6) is 0 Å². The first kappa shape index (κ1) is 40.0. The Bertz CT molecular complexity index is 1690. The molecule has 253 valence electrons. The molecule has 0 unspecified atom stereocenters. The molecule has 0 saturated carbocycles. The zero-order chi connectivity index (χ0) is 34.0. The minimum absolute atomic E-state index is 0. The van der Waals surface area contributed by atoms with Gasteiger partial charge in [0.25, 0.3) is 0 Å². The summed E-state index contributed by atoms with van der Waals surface area (Å²) < 4.78 is 2.71. The fourth-order valence-electron chi connectivity index (χ4n) is 5.59. The standard InChI is InChI=1S/C24H27N2SSi.C15H28O2.Ir/c1-15-20-22(27-23(15)28(5,6)7)21(26-14-25-20)17-12-16-10-8-9-11-18(16)19(13-17)24(2,3)4;1-7-14(5,8-2)12(16)11-13(17)15(6,9-3)10-4;/h8-11,13-14H,1-7H3;11,16H,7-10H2,1-6H3;/q-1;;/b;12-11-;. The van der Waals surface area contributed by atoms with Gasteiger partial charge in [0, 0.05) is 47.4 Å². The Morgan fingerprint density at radius 2 is 1.50 bits per heavy atom. The summed E-state index contributed by atoms with van der Waals surface area (Å²) in [4.78, 5) is 21.5. The predicted molar refractivity (Wildman–Crippen MR) is 199 cm³/mol. The minimum Gasteiger partial charge on any atom is -0.512 e. The molecule has 0 aliphatic carbocycles. The predicted octanol–water partition coefficient (Wildman–Crippen LogP) is 11.1. The van der Waals surface area contributed by atoms with Crippen molar-refractivity contribution in [1.82, 2.24) is 9.97 Å². The molecule has 0 amide bonds. The molecule has 2 aromatic heterocycles. The summed E-state index contributed by atoms with van der Waals surface area (Å²) in [6.07, 6.45) is 6.47. The average Bonchev–Trinajstić information content (AvgIpc) is 3.36. The fraction of sp³-hybridized carbons (Fsp3) is 0.513. The summed E-state index contributed by atoms with van der Waals surface area (Å²) in [6, 6.07) is 14.5. The molecule has 1 N–H and O–H groups in total. The molecule has 4 rings (SSSR count). The number of fused-ring (bicyclic) bond motifs is 2. The van der Waals surface area contributed by atoms with Crippen LogP contribution in [0.2, 0.25) is 19.6 Å². The van der Waals surface area contributed by atoms with E-state index in [0.717, 1.165) is 47.8 Å². The third kappa shape index (κ3) is 8.45. The Kier molecular flexibility index (Phi) is 13.4. The molecule has 2 heterocycles. The number of ketones is 1. The topological polar surface area (TPSA) is 63.1 Å². The number of benzene rings is 2. The fourth-order valence-corrected chi connectivity index (χ4v) is 9.38. The van der Waals surface area contributed by atoms with E-state index in [1.807, 2.05) is 52.9 Å². The van der Waals surface area contributed by atoms with Crippen molar-refractivity contribution in [3.8, 4) is 11.3 Å². The monoisotopic (exact) mass is 836 g/mol. The summed E-state index contributed by atoms with van der Waals surface area (Å²) in [7, 11) is -1.43. The number of hydrogen-bond acceptors (Lipinski definition) is 5. The summed E-state index contributed by atoms with van der Waals surface area (Å²) >= 11 is 1.89. The van der Waals surface area contributed by atoms with E-state index in [1.165, 1.54) is 31.8 Å². The van der Waals surface area contributed by atoms with Crippen LogP contribution in [0.1, 0.15) is 99.1 Å². The molecule has 0 aliphatic rings. The number of rotatable bonds is 9. The van der Waals surface area contributed by atoms with Crippen molar-refractivity contribution >= 4 is 50.7 Å². The molecule has 0 bridgehead atoms. The van der Waals surface area contributed by atoms with Crippen LogP contribution in [-0.4, -0.2) is 28.9 Å². The van der Waals surface area contributed by atoms with Gasteiger partial charge >= 0.3 is 0 Å². The summed E-state index contributed by atoms with van der Waals surface area (Å²) in [6.45, 7) is 28.3. The van der Waals surface area contributed by atoms with Gasteiger partial charge in [-0.25, -0.2) is 4.98 Å². The van der Waals surface area contributed by atoms with Crippen molar-refractivity contribution in [2.24, 2.45) is 10.8 Å². The van der Waals surface area contributed by atoms with Crippen molar-refractivity contribution in [3.05, 3.63) is 65.7 Å². The molecule has 0 aliphatic heterocycles. The smallest absolute Gasteiger partial charge is 0.164 e. The molecule has 2 aromatic carbocycles. The van der Waals surface area contributed by atoms with Gasteiger partial charge < -0.3 is 5.11 Å². The number of aliphatic hydroxyl groups is 1. The van der Waals surface area contributed by atoms with Crippen LogP contribution >= 0.6 is 11.3 Å². The molecule has 1 radical (unpaired) electrons. The van der Waals surface area contributed by atoms with Gasteiger partial charge in [-0.3, -0.25) is 9.78 Å². The van der Waals surface area contributed by atoms with E-state index in [1.54, 1.807) is 6.33 Å². The van der Waals surface area contributed by atoms with Crippen molar-refractivity contribution in [2.45, 2.75) is 120 Å². The summed E-state index contributed by atoms with van der Waals surface area (Å²) in [5, 5.41) is 12.6. The number of aryl methyl sites for hydroxylation is 1.